The fourth-order valence-corrected chi connectivity index (χ4v) is 4.42. The van der Waals surface area contributed by atoms with Gasteiger partial charge in [-0.3, -0.25) is 14.5 Å². The van der Waals surface area contributed by atoms with Gasteiger partial charge >= 0.3 is 0 Å². The van der Waals surface area contributed by atoms with Crippen LogP contribution in [-0.2, 0) is 23.2 Å². The minimum absolute atomic E-state index is 0.0516. The van der Waals surface area contributed by atoms with Crippen LogP contribution in [-0.4, -0.2) is 63.4 Å². The number of fused-ring (bicyclic) bond motifs is 1. The van der Waals surface area contributed by atoms with E-state index >= 15 is 0 Å². The summed E-state index contributed by atoms with van der Waals surface area (Å²) in [6, 6.07) is 15.8. The number of amides is 2. The first-order chi connectivity index (χ1) is 16.3. The lowest BCUT2D eigenvalue weighted by Crippen LogP contribution is -2.52. The lowest BCUT2D eigenvalue weighted by atomic mass is 10.0. The summed E-state index contributed by atoms with van der Waals surface area (Å²) >= 11 is 0. The van der Waals surface area contributed by atoms with Gasteiger partial charge in [0.05, 0.1) is 36.3 Å². The molecule has 1 aliphatic heterocycles. The number of hydrogen-bond donors (Lipinski definition) is 1. The van der Waals surface area contributed by atoms with Crippen LogP contribution in [0, 0.1) is 0 Å². The number of benzene rings is 2. The number of aryl methyl sites for hydroxylation is 1. The predicted octanol–water partition coefficient (Wildman–Crippen LogP) is 2.88. The number of aromatic nitrogens is 2. The Balaban J connectivity index is 1.44. The van der Waals surface area contributed by atoms with Gasteiger partial charge in [0.15, 0.2) is 0 Å². The van der Waals surface area contributed by atoms with Gasteiger partial charge < -0.3 is 19.5 Å². The van der Waals surface area contributed by atoms with Crippen LogP contribution in [0.3, 0.4) is 0 Å². The van der Waals surface area contributed by atoms with E-state index in [4.69, 9.17) is 4.74 Å². The largest absolute Gasteiger partial charge is 0.491 e. The van der Waals surface area contributed by atoms with Crippen molar-refractivity contribution in [1.82, 2.24) is 24.7 Å². The van der Waals surface area contributed by atoms with Crippen LogP contribution >= 0.6 is 0 Å². The molecule has 0 radical (unpaired) electrons. The minimum Gasteiger partial charge on any atom is -0.491 e. The molecule has 2 amide bonds. The third-order valence-corrected chi connectivity index (χ3v) is 6.24. The number of nitrogens with zero attached hydrogens (tertiary/aromatic N) is 4. The summed E-state index contributed by atoms with van der Waals surface area (Å²) in [6.45, 7) is 8.00. The summed E-state index contributed by atoms with van der Waals surface area (Å²) in [7, 11) is 1.96. The zero-order valence-corrected chi connectivity index (χ0v) is 20.3. The lowest BCUT2D eigenvalue weighted by molar-refractivity contribution is -0.132. The summed E-state index contributed by atoms with van der Waals surface area (Å²) in [4.78, 5) is 33.5. The molecule has 2 aromatic carbocycles. The van der Waals surface area contributed by atoms with Gasteiger partial charge in [0.25, 0.3) is 0 Å². The molecule has 0 unspecified atom stereocenters. The highest BCUT2D eigenvalue weighted by Gasteiger charge is 2.30. The van der Waals surface area contributed by atoms with Crippen LogP contribution in [0.1, 0.15) is 38.2 Å². The second-order valence-corrected chi connectivity index (χ2v) is 9.04. The first-order valence-electron chi connectivity index (χ1n) is 11.7. The number of ether oxygens (including phenoxy) is 1. The number of piperazine rings is 1. The standard InChI is InChI=1S/C26H33N5O3/c1-18(2)34-21-11-9-20(10-12-21)24-16-30(19(3)32)13-14-31(24)17-26(33)27-15-25-28-22-7-5-6-8-23(22)29(25)4/h5-12,18,24H,13-17H2,1-4H3,(H,27,33)/t24-/m0/s1. The molecule has 3 aromatic rings. The highest BCUT2D eigenvalue weighted by molar-refractivity contribution is 5.79. The Morgan fingerprint density at radius 2 is 1.85 bits per heavy atom. The molecule has 1 saturated heterocycles. The van der Waals surface area contributed by atoms with Crippen molar-refractivity contribution < 1.29 is 14.3 Å². The molecule has 1 N–H and O–H groups in total. The second kappa shape index (κ2) is 10.3. The summed E-state index contributed by atoms with van der Waals surface area (Å²) in [5, 5.41) is 3.02. The van der Waals surface area contributed by atoms with E-state index in [2.05, 4.69) is 15.2 Å². The van der Waals surface area contributed by atoms with Crippen molar-refractivity contribution in [1.29, 1.82) is 0 Å². The van der Waals surface area contributed by atoms with E-state index in [-0.39, 0.29) is 30.5 Å². The number of imidazole rings is 1. The smallest absolute Gasteiger partial charge is 0.234 e. The molecule has 34 heavy (non-hydrogen) atoms. The van der Waals surface area contributed by atoms with E-state index in [1.807, 2.05) is 78.9 Å². The predicted molar refractivity (Wildman–Crippen MR) is 131 cm³/mol. The summed E-state index contributed by atoms with van der Waals surface area (Å²) in [5.74, 6) is 1.61. The molecule has 0 saturated carbocycles. The van der Waals surface area contributed by atoms with E-state index < -0.39 is 0 Å². The molecule has 1 fully saturated rings. The molecule has 0 spiro atoms. The Hall–Kier alpha value is -3.39. The first kappa shape index (κ1) is 23.8. The van der Waals surface area contributed by atoms with Gasteiger partial charge in [-0.25, -0.2) is 4.98 Å². The minimum atomic E-state index is -0.0627. The number of nitrogens with one attached hydrogen (secondary N) is 1. The van der Waals surface area contributed by atoms with Crippen LogP contribution in [0.2, 0.25) is 0 Å². The number of carbonyl (C=O) groups excluding carboxylic acids is 2. The Kier molecular flexibility index (Phi) is 7.17. The van der Waals surface area contributed by atoms with Gasteiger partial charge in [0.2, 0.25) is 11.8 Å². The third-order valence-electron chi connectivity index (χ3n) is 6.24. The van der Waals surface area contributed by atoms with Crippen LogP contribution in [0.5, 0.6) is 5.75 Å². The number of para-hydroxylation sites is 2. The molecule has 0 bridgehead atoms. The molecule has 1 aliphatic rings. The number of hydrogen-bond acceptors (Lipinski definition) is 5. The quantitative estimate of drug-likeness (QED) is 0.583. The molecule has 180 valence electrons. The van der Waals surface area contributed by atoms with Crippen molar-refractivity contribution >= 4 is 22.8 Å². The highest BCUT2D eigenvalue weighted by Crippen LogP contribution is 2.27. The summed E-state index contributed by atoms with van der Waals surface area (Å²) < 4.78 is 7.77. The molecule has 0 aliphatic carbocycles. The maximum Gasteiger partial charge on any atom is 0.234 e. The van der Waals surface area contributed by atoms with E-state index in [1.54, 1.807) is 6.92 Å². The van der Waals surface area contributed by atoms with Crippen molar-refractivity contribution in [3.63, 3.8) is 0 Å². The van der Waals surface area contributed by atoms with E-state index in [0.29, 0.717) is 26.2 Å². The third kappa shape index (κ3) is 5.39. The van der Waals surface area contributed by atoms with Crippen molar-refractivity contribution in [2.24, 2.45) is 7.05 Å². The van der Waals surface area contributed by atoms with E-state index in [0.717, 1.165) is 28.2 Å². The van der Waals surface area contributed by atoms with Gasteiger partial charge in [-0.1, -0.05) is 24.3 Å². The SMILES string of the molecule is CC(=O)N1CCN(CC(=O)NCc2nc3ccccc3n2C)[C@H](c2ccc(OC(C)C)cc2)C1. The Bertz CT molecular complexity index is 1150. The second-order valence-electron chi connectivity index (χ2n) is 9.04. The van der Waals surface area contributed by atoms with Crippen LogP contribution < -0.4 is 10.1 Å². The first-order valence-corrected chi connectivity index (χ1v) is 11.7. The molecule has 1 atom stereocenters. The fraction of sp³-hybridized carbons (Fsp3) is 0.423. The lowest BCUT2D eigenvalue weighted by Gasteiger charge is -2.41. The summed E-state index contributed by atoms with van der Waals surface area (Å²) in [6.07, 6.45) is 0.102. The van der Waals surface area contributed by atoms with Crippen molar-refractivity contribution in [2.45, 2.75) is 39.5 Å². The van der Waals surface area contributed by atoms with E-state index in [1.165, 1.54) is 0 Å². The molecule has 8 heteroatoms. The zero-order valence-electron chi connectivity index (χ0n) is 20.3. The zero-order chi connectivity index (χ0) is 24.2. The van der Waals surface area contributed by atoms with Crippen LogP contribution in [0.4, 0.5) is 0 Å². The van der Waals surface area contributed by atoms with Gasteiger partial charge in [0, 0.05) is 33.6 Å². The molecular formula is C26H33N5O3. The fourth-order valence-electron chi connectivity index (χ4n) is 4.42. The maximum absolute atomic E-state index is 12.9. The Morgan fingerprint density at radius 1 is 1.12 bits per heavy atom. The van der Waals surface area contributed by atoms with Crippen molar-refractivity contribution in [3.05, 3.63) is 59.9 Å². The average Bonchev–Trinajstić information content (AvgIpc) is 3.14. The van der Waals surface area contributed by atoms with Crippen molar-refractivity contribution in [2.75, 3.05) is 26.2 Å². The topological polar surface area (TPSA) is 79.7 Å². The van der Waals surface area contributed by atoms with Crippen LogP contribution in [0.15, 0.2) is 48.5 Å². The maximum atomic E-state index is 12.9. The van der Waals surface area contributed by atoms with Crippen LogP contribution in [0.25, 0.3) is 11.0 Å². The van der Waals surface area contributed by atoms with Gasteiger partial charge in [-0.2, -0.15) is 0 Å². The van der Waals surface area contributed by atoms with E-state index in [9.17, 15) is 9.59 Å². The van der Waals surface area contributed by atoms with Gasteiger partial charge in [-0.05, 0) is 43.7 Å². The number of carbonyl (C=O) groups is 2. The average molecular weight is 464 g/mol. The molecule has 8 nitrogen and oxygen atoms in total. The molecule has 2 heterocycles. The Labute approximate surface area is 200 Å². The Morgan fingerprint density at radius 3 is 2.53 bits per heavy atom. The highest BCUT2D eigenvalue weighted by atomic mass is 16.5. The van der Waals surface area contributed by atoms with Gasteiger partial charge in [-0.15, -0.1) is 0 Å². The van der Waals surface area contributed by atoms with Gasteiger partial charge in [0.1, 0.15) is 11.6 Å². The molecule has 4 rings (SSSR count). The monoisotopic (exact) mass is 463 g/mol. The molecular weight excluding hydrogens is 430 g/mol. The number of rotatable bonds is 7. The molecule has 1 aromatic heterocycles. The normalized spacial score (nSPS) is 16.7. The van der Waals surface area contributed by atoms with Crippen molar-refractivity contribution in [3.8, 4) is 5.75 Å². The summed E-state index contributed by atoms with van der Waals surface area (Å²) in [5.41, 5.74) is 3.02.